The molecule has 6 heteroatoms. The van der Waals surface area contributed by atoms with Gasteiger partial charge in [0, 0.05) is 11.8 Å². The highest BCUT2D eigenvalue weighted by Crippen LogP contribution is 2.23. The average Bonchev–Trinajstić information content (AvgIpc) is 2.63. The molecule has 0 aliphatic rings. The fourth-order valence-corrected chi connectivity index (χ4v) is 2.54. The largest absolute Gasteiger partial charge is 0.321 e. The van der Waals surface area contributed by atoms with Crippen molar-refractivity contribution >= 4 is 38.9 Å². The number of carbonyl (C=O) groups excluding carboxylic acids is 1. The third-order valence-corrected chi connectivity index (χ3v) is 3.54. The third-order valence-electron chi connectivity index (χ3n) is 1.92. The van der Waals surface area contributed by atoms with Gasteiger partial charge in [-0.25, -0.2) is 8.78 Å². The Balaban J connectivity index is 2.18. The van der Waals surface area contributed by atoms with Gasteiger partial charge in [0.25, 0.3) is 5.91 Å². The Kier molecular flexibility index (Phi) is 3.54. The smallest absolute Gasteiger partial charge is 0.265 e. The van der Waals surface area contributed by atoms with Crippen LogP contribution in [0.25, 0.3) is 0 Å². The fraction of sp³-hybridized carbons (Fsp3) is 0. The fourth-order valence-electron chi connectivity index (χ4n) is 1.26. The predicted molar refractivity (Wildman–Crippen MR) is 66.3 cm³/mol. The first-order chi connectivity index (χ1) is 8.04. The summed E-state index contributed by atoms with van der Waals surface area (Å²) in [6.07, 6.45) is 0. The summed E-state index contributed by atoms with van der Waals surface area (Å²) in [6.45, 7) is 0. The van der Waals surface area contributed by atoms with E-state index < -0.39 is 17.5 Å². The molecule has 0 aliphatic carbocycles. The van der Waals surface area contributed by atoms with Gasteiger partial charge in [0.05, 0.1) is 8.66 Å². The van der Waals surface area contributed by atoms with E-state index in [0.29, 0.717) is 4.88 Å². The molecule has 88 valence electrons. The van der Waals surface area contributed by atoms with Crippen LogP contribution < -0.4 is 5.32 Å². The molecule has 2 nitrogen and oxygen atoms in total. The summed E-state index contributed by atoms with van der Waals surface area (Å²) in [5.41, 5.74) is 0.0945. The molecular weight excluding hydrogens is 312 g/mol. The van der Waals surface area contributed by atoms with Gasteiger partial charge in [-0.3, -0.25) is 4.79 Å². The highest BCUT2D eigenvalue weighted by atomic mass is 79.9. The van der Waals surface area contributed by atoms with E-state index in [4.69, 9.17) is 0 Å². The van der Waals surface area contributed by atoms with E-state index in [1.54, 1.807) is 12.1 Å². The number of carbonyl (C=O) groups is 1. The lowest BCUT2D eigenvalue weighted by molar-refractivity contribution is 0.103. The molecule has 1 aromatic heterocycles. The third kappa shape index (κ3) is 3.10. The number of hydrogen-bond donors (Lipinski definition) is 1. The second-order valence-electron chi connectivity index (χ2n) is 3.22. The maximum absolute atomic E-state index is 12.9. The van der Waals surface area contributed by atoms with E-state index in [1.165, 1.54) is 11.3 Å². The van der Waals surface area contributed by atoms with Gasteiger partial charge >= 0.3 is 0 Å². The molecule has 0 saturated heterocycles. The molecule has 0 unspecified atom stereocenters. The van der Waals surface area contributed by atoms with E-state index in [-0.39, 0.29) is 5.69 Å². The van der Waals surface area contributed by atoms with Crippen molar-refractivity contribution in [3.8, 4) is 0 Å². The Hall–Kier alpha value is -1.27. The summed E-state index contributed by atoms with van der Waals surface area (Å²) < 4.78 is 26.6. The van der Waals surface area contributed by atoms with Crippen LogP contribution in [0.15, 0.2) is 34.1 Å². The van der Waals surface area contributed by atoms with Gasteiger partial charge in [-0.15, -0.1) is 11.3 Å². The highest BCUT2D eigenvalue weighted by Gasteiger charge is 2.10. The molecule has 0 fully saturated rings. The SMILES string of the molecule is O=C(Nc1cc(F)cc(F)c1)c1ccc(Br)s1. The number of rotatable bonds is 2. The molecule has 0 saturated carbocycles. The number of hydrogen-bond acceptors (Lipinski definition) is 2. The van der Waals surface area contributed by atoms with Crippen molar-refractivity contribution in [3.63, 3.8) is 0 Å². The predicted octanol–water partition coefficient (Wildman–Crippen LogP) is 4.04. The molecule has 0 radical (unpaired) electrons. The summed E-state index contributed by atoms with van der Waals surface area (Å²) in [5, 5.41) is 2.42. The van der Waals surface area contributed by atoms with Crippen molar-refractivity contribution in [1.29, 1.82) is 0 Å². The van der Waals surface area contributed by atoms with Crippen LogP contribution in [-0.4, -0.2) is 5.91 Å². The van der Waals surface area contributed by atoms with Crippen molar-refractivity contribution < 1.29 is 13.6 Å². The van der Waals surface area contributed by atoms with Crippen molar-refractivity contribution in [2.24, 2.45) is 0 Å². The first kappa shape index (κ1) is 12.2. The van der Waals surface area contributed by atoms with Crippen molar-refractivity contribution in [2.75, 3.05) is 5.32 Å². The normalized spacial score (nSPS) is 10.3. The molecular formula is C11H6BrF2NOS. The number of benzene rings is 1. The first-order valence-electron chi connectivity index (χ1n) is 4.57. The number of halogens is 3. The van der Waals surface area contributed by atoms with Gasteiger partial charge in [0.1, 0.15) is 11.6 Å². The Bertz CT molecular complexity index is 550. The molecule has 0 atom stereocenters. The zero-order chi connectivity index (χ0) is 12.4. The van der Waals surface area contributed by atoms with Crippen LogP contribution in [0.2, 0.25) is 0 Å². The van der Waals surface area contributed by atoms with Gasteiger partial charge in [-0.05, 0) is 40.2 Å². The molecule has 1 amide bonds. The molecule has 0 aliphatic heterocycles. The van der Waals surface area contributed by atoms with E-state index in [1.807, 2.05) is 0 Å². The van der Waals surface area contributed by atoms with E-state index in [0.717, 1.165) is 22.0 Å². The monoisotopic (exact) mass is 317 g/mol. The minimum atomic E-state index is -0.729. The van der Waals surface area contributed by atoms with E-state index in [2.05, 4.69) is 21.2 Å². The quantitative estimate of drug-likeness (QED) is 0.889. The number of amides is 1. The molecule has 1 heterocycles. The lowest BCUT2D eigenvalue weighted by Crippen LogP contribution is -2.10. The topological polar surface area (TPSA) is 29.1 Å². The summed E-state index contributed by atoms with van der Waals surface area (Å²) >= 11 is 4.47. The first-order valence-corrected chi connectivity index (χ1v) is 6.18. The summed E-state index contributed by atoms with van der Waals surface area (Å²) in [6, 6.07) is 6.22. The van der Waals surface area contributed by atoms with Crippen LogP contribution in [0.5, 0.6) is 0 Å². The zero-order valence-electron chi connectivity index (χ0n) is 8.34. The Morgan fingerprint density at radius 3 is 2.35 bits per heavy atom. The maximum Gasteiger partial charge on any atom is 0.265 e. The number of thiophene rings is 1. The second-order valence-corrected chi connectivity index (χ2v) is 5.68. The molecule has 2 aromatic rings. The molecule has 0 bridgehead atoms. The van der Waals surface area contributed by atoms with Gasteiger partial charge in [-0.2, -0.15) is 0 Å². The summed E-state index contributed by atoms with van der Waals surface area (Å²) in [7, 11) is 0. The maximum atomic E-state index is 12.9. The van der Waals surface area contributed by atoms with Crippen LogP contribution in [0.4, 0.5) is 14.5 Å². The molecule has 1 aromatic carbocycles. The molecule has 0 spiro atoms. The minimum Gasteiger partial charge on any atom is -0.321 e. The minimum absolute atomic E-state index is 0.0945. The number of anilines is 1. The Morgan fingerprint density at radius 1 is 1.18 bits per heavy atom. The van der Waals surface area contributed by atoms with Crippen LogP contribution in [0.1, 0.15) is 9.67 Å². The van der Waals surface area contributed by atoms with Crippen LogP contribution >= 0.6 is 27.3 Å². The van der Waals surface area contributed by atoms with Crippen LogP contribution in [0.3, 0.4) is 0 Å². The molecule has 1 N–H and O–H groups in total. The van der Waals surface area contributed by atoms with Gasteiger partial charge in [0.15, 0.2) is 0 Å². The average molecular weight is 318 g/mol. The van der Waals surface area contributed by atoms with E-state index in [9.17, 15) is 13.6 Å². The molecule has 17 heavy (non-hydrogen) atoms. The highest BCUT2D eigenvalue weighted by molar-refractivity contribution is 9.11. The second kappa shape index (κ2) is 4.93. The van der Waals surface area contributed by atoms with Crippen molar-refractivity contribution in [3.05, 3.63) is 50.6 Å². The van der Waals surface area contributed by atoms with Gasteiger partial charge < -0.3 is 5.32 Å². The standard InChI is InChI=1S/C11H6BrF2NOS/c12-10-2-1-9(17-10)11(16)15-8-4-6(13)3-7(14)5-8/h1-5H,(H,15,16). The van der Waals surface area contributed by atoms with Gasteiger partial charge in [0.2, 0.25) is 0 Å². The van der Waals surface area contributed by atoms with Crippen molar-refractivity contribution in [2.45, 2.75) is 0 Å². The van der Waals surface area contributed by atoms with Crippen LogP contribution in [-0.2, 0) is 0 Å². The van der Waals surface area contributed by atoms with E-state index >= 15 is 0 Å². The Labute approximate surface area is 108 Å². The van der Waals surface area contributed by atoms with Crippen LogP contribution in [0, 0.1) is 11.6 Å². The Morgan fingerprint density at radius 2 is 1.82 bits per heavy atom. The summed E-state index contributed by atoms with van der Waals surface area (Å²) in [4.78, 5) is 12.1. The van der Waals surface area contributed by atoms with Gasteiger partial charge in [-0.1, -0.05) is 0 Å². The lowest BCUT2D eigenvalue weighted by atomic mass is 10.3. The molecule has 2 rings (SSSR count). The summed E-state index contributed by atoms with van der Waals surface area (Å²) in [5.74, 6) is -1.86. The zero-order valence-corrected chi connectivity index (χ0v) is 10.7. The lowest BCUT2D eigenvalue weighted by Gasteiger charge is -2.03. The van der Waals surface area contributed by atoms with Crippen molar-refractivity contribution in [1.82, 2.24) is 0 Å². The number of nitrogens with one attached hydrogen (secondary N) is 1.